The Morgan fingerprint density at radius 1 is 1.12 bits per heavy atom. The lowest BCUT2D eigenvalue weighted by Crippen LogP contribution is -2.49. The van der Waals surface area contributed by atoms with Gasteiger partial charge in [-0.15, -0.1) is 0 Å². The van der Waals surface area contributed by atoms with E-state index in [0.717, 1.165) is 36.4 Å². The number of ketones is 1. The summed E-state index contributed by atoms with van der Waals surface area (Å²) in [6.45, 7) is 10.9. The molecule has 0 spiro atoms. The van der Waals surface area contributed by atoms with E-state index in [4.69, 9.17) is 4.74 Å². The number of amides is 1. The third kappa shape index (κ3) is 3.93. The van der Waals surface area contributed by atoms with E-state index in [0.29, 0.717) is 6.61 Å². The molecule has 5 heteroatoms. The molecule has 2 heterocycles. The standard InChI is InChI=1S/C21H29NO3Si/c1-15(26(2,3)4)20(23)17-12-18-10-11-19(13-17)22(18)21(24)25-14-16-8-6-5-7-9-16/h5-9,17-19H,1,10-14H2,2-4H3. The van der Waals surface area contributed by atoms with Crippen molar-refractivity contribution in [3.8, 4) is 0 Å². The molecule has 1 aromatic rings. The van der Waals surface area contributed by atoms with Crippen LogP contribution in [0.15, 0.2) is 42.1 Å². The van der Waals surface area contributed by atoms with Crippen molar-refractivity contribution in [2.24, 2.45) is 5.92 Å². The highest BCUT2D eigenvalue weighted by Gasteiger charge is 2.46. The molecule has 0 aliphatic carbocycles. The lowest BCUT2D eigenvalue weighted by Gasteiger charge is -2.38. The zero-order valence-corrected chi connectivity index (χ0v) is 17.0. The molecule has 4 nitrogen and oxygen atoms in total. The quantitative estimate of drug-likeness (QED) is 0.563. The van der Waals surface area contributed by atoms with Gasteiger partial charge < -0.3 is 9.64 Å². The van der Waals surface area contributed by atoms with Gasteiger partial charge in [-0.2, -0.15) is 0 Å². The lowest BCUT2D eigenvalue weighted by atomic mass is 9.87. The average molecular weight is 372 g/mol. The van der Waals surface area contributed by atoms with E-state index in [1.807, 2.05) is 35.2 Å². The molecule has 2 bridgehead atoms. The SMILES string of the molecule is C=C(C(=O)C1CC2CCC(C1)N2C(=O)OCc1ccccc1)[Si](C)(C)C. The minimum atomic E-state index is -1.67. The maximum Gasteiger partial charge on any atom is 0.410 e. The molecule has 0 saturated carbocycles. The number of benzene rings is 1. The average Bonchev–Trinajstić information content (AvgIpc) is 2.88. The molecule has 26 heavy (non-hydrogen) atoms. The predicted octanol–water partition coefficient (Wildman–Crippen LogP) is 4.57. The molecular weight excluding hydrogens is 342 g/mol. The van der Waals surface area contributed by atoms with Crippen LogP contribution in [0.5, 0.6) is 0 Å². The predicted molar refractivity (Wildman–Crippen MR) is 105 cm³/mol. The van der Waals surface area contributed by atoms with Gasteiger partial charge in [-0.3, -0.25) is 4.79 Å². The summed E-state index contributed by atoms with van der Waals surface area (Å²) in [7, 11) is -1.67. The molecule has 2 atom stereocenters. The summed E-state index contributed by atoms with van der Waals surface area (Å²) < 4.78 is 5.54. The van der Waals surface area contributed by atoms with Crippen molar-refractivity contribution < 1.29 is 14.3 Å². The van der Waals surface area contributed by atoms with E-state index in [1.165, 1.54) is 0 Å². The maximum atomic E-state index is 12.9. The van der Waals surface area contributed by atoms with E-state index >= 15 is 0 Å². The zero-order valence-electron chi connectivity index (χ0n) is 16.0. The van der Waals surface area contributed by atoms with Gasteiger partial charge in [-0.25, -0.2) is 4.79 Å². The number of ether oxygens (including phenoxy) is 1. The first kappa shape index (κ1) is 18.9. The molecule has 0 radical (unpaired) electrons. The number of piperidine rings is 1. The molecule has 1 amide bonds. The van der Waals surface area contributed by atoms with Crippen LogP contribution in [0.3, 0.4) is 0 Å². The van der Waals surface area contributed by atoms with Crippen LogP contribution in [-0.4, -0.2) is 36.9 Å². The van der Waals surface area contributed by atoms with E-state index < -0.39 is 8.07 Å². The van der Waals surface area contributed by atoms with E-state index in [-0.39, 0.29) is 29.9 Å². The second kappa shape index (κ2) is 7.39. The van der Waals surface area contributed by atoms with Gasteiger partial charge in [0.1, 0.15) is 6.61 Å². The van der Waals surface area contributed by atoms with Gasteiger partial charge in [0.25, 0.3) is 0 Å². The first-order valence-electron chi connectivity index (χ1n) is 9.50. The Balaban J connectivity index is 1.61. The summed E-state index contributed by atoms with van der Waals surface area (Å²) in [6, 6.07) is 9.98. The molecule has 1 aromatic carbocycles. The Bertz CT molecular complexity index is 681. The normalized spacial score (nSPS) is 25.0. The van der Waals surface area contributed by atoms with Crippen molar-refractivity contribution in [3.63, 3.8) is 0 Å². The second-order valence-electron chi connectivity index (χ2n) is 8.59. The van der Waals surface area contributed by atoms with E-state index in [1.54, 1.807) is 0 Å². The number of allylic oxidation sites excluding steroid dienone is 1. The molecule has 0 aromatic heterocycles. The summed E-state index contributed by atoms with van der Waals surface area (Å²) in [5.74, 6) is 0.253. The summed E-state index contributed by atoms with van der Waals surface area (Å²) in [5, 5.41) is 0.835. The van der Waals surface area contributed by atoms with Crippen LogP contribution in [-0.2, 0) is 16.1 Å². The van der Waals surface area contributed by atoms with Crippen molar-refractivity contribution in [1.82, 2.24) is 4.90 Å². The summed E-state index contributed by atoms with van der Waals surface area (Å²) in [6.07, 6.45) is 3.19. The first-order valence-corrected chi connectivity index (χ1v) is 13.0. The molecule has 2 unspecified atom stereocenters. The number of fused-ring (bicyclic) bond motifs is 2. The fourth-order valence-electron chi connectivity index (χ4n) is 4.10. The van der Waals surface area contributed by atoms with Gasteiger partial charge in [-0.1, -0.05) is 56.6 Å². The summed E-state index contributed by atoms with van der Waals surface area (Å²) >= 11 is 0. The second-order valence-corrected chi connectivity index (χ2v) is 13.7. The lowest BCUT2D eigenvalue weighted by molar-refractivity contribution is -0.120. The van der Waals surface area contributed by atoms with Gasteiger partial charge >= 0.3 is 6.09 Å². The maximum absolute atomic E-state index is 12.9. The van der Waals surface area contributed by atoms with Gasteiger partial charge in [0.05, 0.1) is 8.07 Å². The molecule has 140 valence electrons. The molecular formula is C21H29NO3Si. The molecule has 2 aliphatic rings. The highest BCUT2D eigenvalue weighted by Crippen LogP contribution is 2.40. The molecule has 3 rings (SSSR count). The number of hydrogen-bond acceptors (Lipinski definition) is 3. The minimum absolute atomic E-state index is 0.0184. The van der Waals surface area contributed by atoms with E-state index in [2.05, 4.69) is 26.2 Å². The van der Waals surface area contributed by atoms with Crippen LogP contribution in [0.4, 0.5) is 4.79 Å². The first-order chi connectivity index (χ1) is 12.3. The van der Waals surface area contributed by atoms with Crippen LogP contribution in [0.2, 0.25) is 19.6 Å². The van der Waals surface area contributed by atoms with Gasteiger partial charge in [0.2, 0.25) is 0 Å². The Morgan fingerprint density at radius 2 is 1.69 bits per heavy atom. The number of Topliss-reactive ketones (excluding diaryl/α,β-unsaturated/α-hetero) is 1. The third-order valence-electron chi connectivity index (χ3n) is 5.72. The molecule has 2 saturated heterocycles. The molecule has 2 fully saturated rings. The van der Waals surface area contributed by atoms with Crippen molar-refractivity contribution in [2.45, 2.75) is 64.0 Å². The number of carbonyl (C=O) groups excluding carboxylic acids is 2. The Labute approximate surface area is 157 Å². The number of hydrogen-bond donors (Lipinski definition) is 0. The highest BCUT2D eigenvalue weighted by molar-refractivity contribution is 6.87. The van der Waals surface area contributed by atoms with Gasteiger partial charge in [-0.05, 0) is 36.4 Å². The number of carbonyl (C=O) groups is 2. The number of nitrogens with zero attached hydrogens (tertiary/aromatic N) is 1. The van der Waals surface area contributed by atoms with Gasteiger partial charge in [0, 0.05) is 18.0 Å². The molecule has 2 aliphatic heterocycles. The van der Waals surface area contributed by atoms with Gasteiger partial charge in [0.15, 0.2) is 5.78 Å². The Morgan fingerprint density at radius 3 is 2.23 bits per heavy atom. The zero-order chi connectivity index (χ0) is 18.9. The topological polar surface area (TPSA) is 46.6 Å². The van der Waals surface area contributed by atoms with Crippen molar-refractivity contribution in [2.75, 3.05) is 0 Å². The number of rotatable bonds is 5. The van der Waals surface area contributed by atoms with Crippen molar-refractivity contribution in [1.29, 1.82) is 0 Å². The largest absolute Gasteiger partial charge is 0.445 e. The summed E-state index contributed by atoms with van der Waals surface area (Å²) in [4.78, 5) is 27.4. The van der Waals surface area contributed by atoms with Crippen LogP contribution in [0.25, 0.3) is 0 Å². The smallest absolute Gasteiger partial charge is 0.410 e. The van der Waals surface area contributed by atoms with Crippen LogP contribution in [0.1, 0.15) is 31.2 Å². The highest BCUT2D eigenvalue weighted by atomic mass is 28.3. The third-order valence-corrected chi connectivity index (χ3v) is 7.78. The van der Waals surface area contributed by atoms with Crippen LogP contribution < -0.4 is 0 Å². The Hall–Kier alpha value is -1.88. The fraction of sp³-hybridized carbons (Fsp3) is 0.524. The minimum Gasteiger partial charge on any atom is -0.445 e. The van der Waals surface area contributed by atoms with E-state index in [9.17, 15) is 9.59 Å². The molecule has 0 N–H and O–H groups in total. The van der Waals surface area contributed by atoms with Crippen molar-refractivity contribution >= 4 is 20.0 Å². The van der Waals surface area contributed by atoms with Crippen LogP contribution >= 0.6 is 0 Å². The van der Waals surface area contributed by atoms with Crippen LogP contribution in [0, 0.1) is 5.92 Å². The Kier molecular flexibility index (Phi) is 5.37. The monoisotopic (exact) mass is 371 g/mol. The summed E-state index contributed by atoms with van der Waals surface area (Å²) in [5.41, 5.74) is 0.990. The van der Waals surface area contributed by atoms with Crippen molar-refractivity contribution in [3.05, 3.63) is 47.7 Å². The fourth-order valence-corrected chi connectivity index (χ4v) is 5.04.